The molecule has 0 spiro atoms. The van der Waals surface area contributed by atoms with E-state index in [1.54, 1.807) is 6.92 Å². The van der Waals surface area contributed by atoms with Crippen molar-refractivity contribution in [1.82, 2.24) is 4.98 Å². The number of urea groups is 1. The van der Waals surface area contributed by atoms with Crippen LogP contribution in [0.5, 0.6) is 0 Å². The average molecular weight is 197 g/mol. The maximum atomic E-state index is 11.3. The summed E-state index contributed by atoms with van der Waals surface area (Å²) in [5, 5.41) is 2.30. The number of carbonyl (C=O) groups is 2. The van der Waals surface area contributed by atoms with E-state index in [0.717, 1.165) is 0 Å². The Morgan fingerprint density at radius 3 is 2.93 bits per heavy atom. The van der Waals surface area contributed by atoms with Crippen LogP contribution in [0.3, 0.4) is 0 Å². The summed E-state index contributed by atoms with van der Waals surface area (Å²) in [4.78, 5) is 24.5. The molecule has 2 amide bonds. The molecule has 0 atom stereocenters. The van der Waals surface area contributed by atoms with E-state index in [1.807, 2.05) is 0 Å². The molecule has 0 aliphatic heterocycles. The Morgan fingerprint density at radius 1 is 1.64 bits per heavy atom. The Kier molecular flexibility index (Phi) is 3.11. The van der Waals surface area contributed by atoms with Crippen LogP contribution in [0.25, 0.3) is 0 Å². The van der Waals surface area contributed by atoms with Gasteiger partial charge in [-0.15, -0.1) is 0 Å². The third-order valence-corrected chi connectivity index (χ3v) is 1.48. The van der Waals surface area contributed by atoms with E-state index in [0.29, 0.717) is 5.69 Å². The summed E-state index contributed by atoms with van der Waals surface area (Å²) < 4.78 is 4.75. The zero-order valence-electron chi connectivity index (χ0n) is 7.66. The number of ether oxygens (including phenoxy) is 1. The van der Waals surface area contributed by atoms with E-state index in [1.165, 1.54) is 12.3 Å². The van der Waals surface area contributed by atoms with Crippen LogP contribution in [0.15, 0.2) is 12.3 Å². The van der Waals surface area contributed by atoms with Crippen molar-refractivity contribution in [2.45, 2.75) is 6.92 Å². The first-order chi connectivity index (χ1) is 6.65. The number of aromatic nitrogens is 1. The Hall–Kier alpha value is -1.98. The quantitative estimate of drug-likeness (QED) is 0.621. The minimum atomic E-state index is -0.727. The average Bonchev–Trinajstić information content (AvgIpc) is 2.51. The predicted octanol–water partition coefficient (Wildman–Crippen LogP) is 0.682. The molecule has 76 valence electrons. The molecule has 0 bridgehead atoms. The summed E-state index contributed by atoms with van der Waals surface area (Å²) in [7, 11) is 0. The highest BCUT2D eigenvalue weighted by Crippen LogP contribution is 2.13. The largest absolute Gasteiger partial charge is 0.461 e. The molecule has 4 N–H and O–H groups in total. The van der Waals surface area contributed by atoms with E-state index >= 15 is 0 Å². The van der Waals surface area contributed by atoms with Crippen molar-refractivity contribution in [3.8, 4) is 0 Å². The molecule has 0 saturated carbocycles. The topological polar surface area (TPSA) is 97.2 Å². The SMILES string of the molecule is CCOC(=O)c1[nH]ccc1NC(N)=O. The van der Waals surface area contributed by atoms with Crippen LogP contribution in [-0.2, 0) is 4.74 Å². The molecule has 0 saturated heterocycles. The van der Waals surface area contributed by atoms with Crippen molar-refractivity contribution in [3.05, 3.63) is 18.0 Å². The highest BCUT2D eigenvalue weighted by atomic mass is 16.5. The molecule has 1 aromatic rings. The van der Waals surface area contributed by atoms with Crippen molar-refractivity contribution in [3.63, 3.8) is 0 Å². The fourth-order valence-corrected chi connectivity index (χ4v) is 0.978. The molecule has 6 heteroatoms. The molecule has 0 fully saturated rings. The molecule has 0 aromatic carbocycles. The summed E-state index contributed by atoms with van der Waals surface area (Å²) in [6, 6.07) is 0.798. The third kappa shape index (κ3) is 2.25. The first-order valence-corrected chi connectivity index (χ1v) is 4.06. The van der Waals surface area contributed by atoms with Crippen LogP contribution in [0.1, 0.15) is 17.4 Å². The predicted molar refractivity (Wildman–Crippen MR) is 50.0 cm³/mol. The van der Waals surface area contributed by atoms with Gasteiger partial charge >= 0.3 is 12.0 Å². The molecule has 1 rings (SSSR count). The third-order valence-electron chi connectivity index (χ3n) is 1.48. The van der Waals surface area contributed by atoms with Crippen molar-refractivity contribution in [1.29, 1.82) is 0 Å². The lowest BCUT2D eigenvalue weighted by Crippen LogP contribution is -2.20. The van der Waals surface area contributed by atoms with Gasteiger partial charge in [0.2, 0.25) is 0 Å². The molecule has 0 aliphatic rings. The number of aromatic amines is 1. The summed E-state index contributed by atoms with van der Waals surface area (Å²) in [5.41, 5.74) is 5.41. The summed E-state index contributed by atoms with van der Waals surface area (Å²) in [5.74, 6) is -0.527. The summed E-state index contributed by atoms with van der Waals surface area (Å²) >= 11 is 0. The highest BCUT2D eigenvalue weighted by molar-refractivity contribution is 5.99. The van der Waals surface area contributed by atoms with Crippen LogP contribution in [0, 0.1) is 0 Å². The number of anilines is 1. The van der Waals surface area contributed by atoms with Gasteiger partial charge in [-0.05, 0) is 13.0 Å². The van der Waals surface area contributed by atoms with E-state index in [4.69, 9.17) is 10.5 Å². The number of carbonyl (C=O) groups excluding carboxylic acids is 2. The first-order valence-electron chi connectivity index (χ1n) is 4.06. The van der Waals surface area contributed by atoms with Gasteiger partial charge in [-0.2, -0.15) is 0 Å². The number of hydrogen-bond acceptors (Lipinski definition) is 3. The maximum absolute atomic E-state index is 11.3. The number of nitrogens with two attached hydrogens (primary N) is 1. The number of esters is 1. The molecule has 6 nitrogen and oxygen atoms in total. The summed E-state index contributed by atoms with van der Waals surface area (Å²) in [6.07, 6.45) is 1.51. The Bertz CT molecular complexity index is 345. The smallest absolute Gasteiger partial charge is 0.356 e. The highest BCUT2D eigenvalue weighted by Gasteiger charge is 2.14. The number of H-pyrrole nitrogens is 1. The van der Waals surface area contributed by atoms with Crippen molar-refractivity contribution < 1.29 is 14.3 Å². The molecule has 1 aromatic heterocycles. The fourth-order valence-electron chi connectivity index (χ4n) is 0.978. The lowest BCUT2D eigenvalue weighted by molar-refractivity contribution is 0.0521. The number of hydrogen-bond donors (Lipinski definition) is 3. The second kappa shape index (κ2) is 4.31. The van der Waals surface area contributed by atoms with E-state index in [9.17, 15) is 9.59 Å². The second-order valence-corrected chi connectivity index (χ2v) is 2.48. The number of rotatable bonds is 3. The Labute approximate surface area is 80.4 Å². The number of amides is 2. The molecular formula is C8H11N3O3. The van der Waals surface area contributed by atoms with Gasteiger partial charge in [0.1, 0.15) is 5.69 Å². The number of nitrogens with one attached hydrogen (secondary N) is 2. The molecule has 1 heterocycles. The fraction of sp³-hybridized carbons (Fsp3) is 0.250. The molecule has 14 heavy (non-hydrogen) atoms. The standard InChI is InChI=1S/C8H11N3O3/c1-2-14-7(12)6-5(3-4-10-6)11-8(9)13/h3-4,10H,2H2,1H3,(H3,9,11,13). The first kappa shape index (κ1) is 10.1. The lowest BCUT2D eigenvalue weighted by Gasteiger charge is -2.03. The maximum Gasteiger partial charge on any atom is 0.356 e. The van der Waals surface area contributed by atoms with E-state index < -0.39 is 12.0 Å². The van der Waals surface area contributed by atoms with Crippen LogP contribution in [0.2, 0.25) is 0 Å². The van der Waals surface area contributed by atoms with Gasteiger partial charge in [-0.3, -0.25) is 0 Å². The molecule has 0 radical (unpaired) electrons. The van der Waals surface area contributed by atoms with Crippen LogP contribution < -0.4 is 11.1 Å². The number of primary amides is 1. The molecule has 0 unspecified atom stereocenters. The minimum absolute atomic E-state index is 0.186. The molecular weight excluding hydrogens is 186 g/mol. The Morgan fingerprint density at radius 2 is 2.36 bits per heavy atom. The Balaban J connectivity index is 2.81. The lowest BCUT2D eigenvalue weighted by atomic mass is 10.3. The van der Waals surface area contributed by atoms with Gasteiger partial charge in [-0.25, -0.2) is 9.59 Å². The van der Waals surface area contributed by atoms with Crippen LogP contribution in [0.4, 0.5) is 10.5 Å². The normalized spacial score (nSPS) is 9.50. The van der Waals surface area contributed by atoms with Crippen molar-refractivity contribution >= 4 is 17.7 Å². The zero-order valence-corrected chi connectivity index (χ0v) is 7.66. The van der Waals surface area contributed by atoms with Crippen molar-refractivity contribution in [2.75, 3.05) is 11.9 Å². The van der Waals surface area contributed by atoms with Gasteiger partial charge in [0, 0.05) is 6.20 Å². The van der Waals surface area contributed by atoms with Crippen LogP contribution >= 0.6 is 0 Å². The van der Waals surface area contributed by atoms with Crippen LogP contribution in [-0.4, -0.2) is 23.6 Å². The van der Waals surface area contributed by atoms with Gasteiger partial charge < -0.3 is 20.8 Å². The minimum Gasteiger partial charge on any atom is -0.461 e. The summed E-state index contributed by atoms with van der Waals surface area (Å²) in [6.45, 7) is 1.97. The van der Waals surface area contributed by atoms with Gasteiger partial charge in [0.15, 0.2) is 0 Å². The monoisotopic (exact) mass is 197 g/mol. The van der Waals surface area contributed by atoms with Gasteiger partial charge in [0.05, 0.1) is 12.3 Å². The second-order valence-electron chi connectivity index (χ2n) is 2.48. The van der Waals surface area contributed by atoms with E-state index in [-0.39, 0.29) is 12.3 Å². The van der Waals surface area contributed by atoms with Gasteiger partial charge in [0.25, 0.3) is 0 Å². The zero-order chi connectivity index (χ0) is 10.6. The van der Waals surface area contributed by atoms with E-state index in [2.05, 4.69) is 10.3 Å². The molecule has 0 aliphatic carbocycles. The van der Waals surface area contributed by atoms with Gasteiger partial charge in [-0.1, -0.05) is 0 Å². The van der Waals surface area contributed by atoms with Crippen molar-refractivity contribution in [2.24, 2.45) is 5.73 Å².